The van der Waals surface area contributed by atoms with Crippen molar-refractivity contribution in [2.24, 2.45) is 0 Å². The number of rotatable bonds is 8. The number of amides is 1. The molecule has 0 spiro atoms. The van der Waals surface area contributed by atoms with Crippen LogP contribution in [0, 0.1) is 0 Å². The van der Waals surface area contributed by atoms with Crippen LogP contribution in [-0.4, -0.2) is 34.3 Å². The first-order valence-electron chi connectivity index (χ1n) is 12.8. The Hall–Kier alpha value is -4.18. The minimum absolute atomic E-state index is 0.0932. The van der Waals surface area contributed by atoms with E-state index in [1.807, 2.05) is 49.4 Å². The molecule has 3 heterocycles. The van der Waals surface area contributed by atoms with E-state index < -0.39 is 5.25 Å². The van der Waals surface area contributed by atoms with Crippen LogP contribution in [0.3, 0.4) is 0 Å². The maximum atomic E-state index is 13.9. The van der Waals surface area contributed by atoms with E-state index in [9.17, 15) is 9.59 Å². The van der Waals surface area contributed by atoms with Gasteiger partial charge in [-0.3, -0.25) is 14.2 Å². The Morgan fingerprint density at radius 1 is 0.974 bits per heavy atom. The summed E-state index contributed by atoms with van der Waals surface area (Å²) in [5, 5.41) is 3.45. The topological polar surface area (TPSA) is 101 Å². The monoisotopic (exact) mass is 545 g/mol. The van der Waals surface area contributed by atoms with E-state index in [4.69, 9.17) is 23.9 Å². The molecule has 1 aromatic heterocycles. The fraction of sp³-hybridized carbons (Fsp3) is 0.276. The van der Waals surface area contributed by atoms with Gasteiger partial charge in [0, 0.05) is 11.8 Å². The van der Waals surface area contributed by atoms with Gasteiger partial charge in [0.05, 0.1) is 22.7 Å². The van der Waals surface area contributed by atoms with E-state index in [-0.39, 0.29) is 31.6 Å². The van der Waals surface area contributed by atoms with Crippen molar-refractivity contribution in [2.45, 2.75) is 43.6 Å². The lowest BCUT2D eigenvalue weighted by atomic mass is 10.1. The minimum atomic E-state index is -0.476. The molecule has 9 nitrogen and oxygen atoms in total. The first-order chi connectivity index (χ1) is 19.0. The molecule has 39 heavy (non-hydrogen) atoms. The number of hydrogen-bond acceptors (Lipinski definition) is 8. The van der Waals surface area contributed by atoms with Crippen molar-refractivity contribution >= 4 is 34.3 Å². The van der Waals surface area contributed by atoms with Crippen LogP contribution in [0.4, 0.5) is 5.69 Å². The number of nitrogens with zero attached hydrogens (tertiary/aromatic N) is 2. The summed E-state index contributed by atoms with van der Waals surface area (Å²) in [5.74, 6) is 2.21. The Morgan fingerprint density at radius 3 is 2.46 bits per heavy atom. The molecule has 0 radical (unpaired) electrons. The van der Waals surface area contributed by atoms with Gasteiger partial charge in [0.25, 0.3) is 5.56 Å². The van der Waals surface area contributed by atoms with Crippen molar-refractivity contribution in [3.8, 4) is 23.0 Å². The number of benzene rings is 3. The average molecular weight is 546 g/mol. The molecular formula is C29H27N3O6S. The predicted molar refractivity (Wildman–Crippen MR) is 148 cm³/mol. The van der Waals surface area contributed by atoms with Crippen molar-refractivity contribution in [1.82, 2.24) is 9.55 Å². The van der Waals surface area contributed by atoms with Crippen LogP contribution in [0.5, 0.6) is 23.0 Å². The average Bonchev–Trinajstić information content (AvgIpc) is 3.61. The maximum Gasteiger partial charge on any atom is 0.262 e. The third-order valence-corrected chi connectivity index (χ3v) is 8.11. The quantitative estimate of drug-likeness (QED) is 0.245. The predicted octanol–water partition coefficient (Wildman–Crippen LogP) is 4.97. The lowest BCUT2D eigenvalue weighted by Gasteiger charge is -2.19. The standard InChI is InChI=1S/C29H27N3O6S/c1-3-18-7-5-6-8-20(18)30-27(33)26(4-2)39-29-31-21-13-25-24(37-16-38-25)12-19(21)28(34)32(29)14-17-9-10-22-23(11-17)36-15-35-22/h5-13,26H,3-4,14-16H2,1-2H3,(H,30,33)/t26-/m1/s1. The summed E-state index contributed by atoms with van der Waals surface area (Å²) in [6.07, 6.45) is 1.35. The smallest absolute Gasteiger partial charge is 0.262 e. The summed E-state index contributed by atoms with van der Waals surface area (Å²) in [6, 6.07) is 16.7. The Bertz CT molecular complexity index is 1640. The zero-order valence-corrected chi connectivity index (χ0v) is 22.4. The summed E-state index contributed by atoms with van der Waals surface area (Å²) in [6.45, 7) is 4.50. The molecule has 2 aliphatic rings. The normalized spacial score (nSPS) is 14.0. The van der Waals surface area contributed by atoms with Gasteiger partial charge in [-0.25, -0.2) is 4.98 Å². The number of fused-ring (bicyclic) bond motifs is 3. The largest absolute Gasteiger partial charge is 0.454 e. The second kappa shape index (κ2) is 10.5. The molecule has 1 atom stereocenters. The van der Waals surface area contributed by atoms with Crippen LogP contribution < -0.4 is 29.8 Å². The number of ether oxygens (including phenoxy) is 4. The van der Waals surface area contributed by atoms with Crippen molar-refractivity contribution in [3.05, 3.63) is 76.1 Å². The lowest BCUT2D eigenvalue weighted by Crippen LogP contribution is -2.28. The van der Waals surface area contributed by atoms with Gasteiger partial charge in [-0.15, -0.1) is 0 Å². The number of aromatic nitrogens is 2. The zero-order valence-electron chi connectivity index (χ0n) is 21.6. The van der Waals surface area contributed by atoms with E-state index in [1.165, 1.54) is 11.8 Å². The van der Waals surface area contributed by atoms with Crippen LogP contribution in [0.1, 0.15) is 31.4 Å². The molecule has 0 saturated carbocycles. The molecule has 0 bridgehead atoms. The summed E-state index contributed by atoms with van der Waals surface area (Å²) in [7, 11) is 0. The van der Waals surface area contributed by atoms with Gasteiger partial charge < -0.3 is 24.3 Å². The molecular weight excluding hydrogens is 518 g/mol. The highest BCUT2D eigenvalue weighted by Crippen LogP contribution is 2.36. The fourth-order valence-electron chi connectivity index (χ4n) is 4.66. The Labute approximate surface area is 229 Å². The van der Waals surface area contributed by atoms with Crippen molar-refractivity contribution in [1.29, 1.82) is 0 Å². The number of para-hydroxylation sites is 1. The molecule has 0 unspecified atom stereocenters. The second-order valence-corrected chi connectivity index (χ2v) is 10.4. The number of hydrogen-bond donors (Lipinski definition) is 1. The highest BCUT2D eigenvalue weighted by atomic mass is 32.2. The molecule has 0 fully saturated rings. The molecule has 200 valence electrons. The van der Waals surface area contributed by atoms with Gasteiger partial charge in [0.1, 0.15) is 0 Å². The molecule has 10 heteroatoms. The Kier molecular flexibility index (Phi) is 6.78. The third kappa shape index (κ3) is 4.87. The van der Waals surface area contributed by atoms with Gasteiger partial charge in [-0.05, 0) is 48.2 Å². The Morgan fingerprint density at radius 2 is 1.69 bits per heavy atom. The number of anilines is 1. The fourth-order valence-corrected chi connectivity index (χ4v) is 5.67. The number of thioether (sulfide) groups is 1. The minimum Gasteiger partial charge on any atom is -0.454 e. The van der Waals surface area contributed by atoms with E-state index >= 15 is 0 Å². The first kappa shape index (κ1) is 25.1. The van der Waals surface area contributed by atoms with Gasteiger partial charge in [0.15, 0.2) is 28.2 Å². The van der Waals surface area contributed by atoms with E-state index in [0.29, 0.717) is 45.5 Å². The highest BCUT2D eigenvalue weighted by molar-refractivity contribution is 8.00. The summed E-state index contributed by atoms with van der Waals surface area (Å²) in [4.78, 5) is 32.1. The zero-order chi connectivity index (χ0) is 26.9. The van der Waals surface area contributed by atoms with Gasteiger partial charge >= 0.3 is 0 Å². The van der Waals surface area contributed by atoms with Crippen LogP contribution in [0.25, 0.3) is 10.9 Å². The molecule has 0 aliphatic carbocycles. The number of carbonyl (C=O) groups excluding carboxylic acids is 1. The summed E-state index contributed by atoms with van der Waals surface area (Å²) < 4.78 is 23.6. The molecule has 6 rings (SSSR count). The van der Waals surface area contributed by atoms with E-state index in [2.05, 4.69) is 12.2 Å². The van der Waals surface area contributed by atoms with Crippen LogP contribution in [0.15, 0.2) is 64.5 Å². The van der Waals surface area contributed by atoms with E-state index in [1.54, 1.807) is 16.7 Å². The number of nitrogens with one attached hydrogen (secondary N) is 1. The van der Waals surface area contributed by atoms with Gasteiger partial charge in [-0.1, -0.05) is 49.9 Å². The van der Waals surface area contributed by atoms with Crippen LogP contribution in [0.2, 0.25) is 0 Å². The summed E-state index contributed by atoms with van der Waals surface area (Å²) >= 11 is 1.27. The summed E-state index contributed by atoms with van der Waals surface area (Å²) in [5.41, 5.74) is 2.95. The molecule has 1 amide bonds. The molecule has 3 aromatic carbocycles. The molecule has 1 N–H and O–H groups in total. The van der Waals surface area contributed by atoms with Crippen LogP contribution >= 0.6 is 11.8 Å². The second-order valence-electron chi connectivity index (χ2n) is 9.21. The lowest BCUT2D eigenvalue weighted by molar-refractivity contribution is -0.115. The number of carbonyl (C=O) groups is 1. The van der Waals surface area contributed by atoms with Crippen molar-refractivity contribution in [2.75, 3.05) is 18.9 Å². The number of aryl methyl sites for hydroxylation is 1. The van der Waals surface area contributed by atoms with Gasteiger partial charge in [-0.2, -0.15) is 0 Å². The SMILES string of the molecule is CCc1ccccc1NC(=O)[C@@H](CC)Sc1nc2cc3c(cc2c(=O)n1Cc1ccc2c(c1)OCO2)OCO3. The van der Waals surface area contributed by atoms with E-state index in [0.717, 1.165) is 23.2 Å². The van der Waals surface area contributed by atoms with Crippen LogP contribution in [-0.2, 0) is 17.8 Å². The Balaban J connectivity index is 1.38. The first-order valence-corrected chi connectivity index (χ1v) is 13.7. The molecule has 0 saturated heterocycles. The third-order valence-electron chi connectivity index (χ3n) is 6.76. The molecule has 2 aliphatic heterocycles. The highest BCUT2D eigenvalue weighted by Gasteiger charge is 2.25. The van der Waals surface area contributed by atoms with Crippen molar-refractivity contribution in [3.63, 3.8) is 0 Å². The molecule has 4 aromatic rings. The van der Waals surface area contributed by atoms with Crippen molar-refractivity contribution < 1.29 is 23.7 Å². The maximum absolute atomic E-state index is 13.9. The van der Waals surface area contributed by atoms with Gasteiger partial charge in [0.2, 0.25) is 19.5 Å².